The van der Waals surface area contributed by atoms with Crippen LogP contribution < -0.4 is 4.74 Å². The molecule has 1 aromatic carbocycles. The van der Waals surface area contributed by atoms with Gasteiger partial charge in [-0.1, -0.05) is 49.3 Å². The molecule has 2 rings (SSSR count). The first-order chi connectivity index (χ1) is 9.08. The monoisotopic (exact) mass is 297 g/mol. The zero-order valence-electron chi connectivity index (χ0n) is 11.1. The lowest BCUT2D eigenvalue weighted by molar-refractivity contribution is 0.290. The first-order valence-electron chi connectivity index (χ1n) is 6.00. The fraction of sp³-hybridized carbons (Fsp3) is 0.385. The summed E-state index contributed by atoms with van der Waals surface area (Å²) in [5, 5.41) is 10.3. The van der Waals surface area contributed by atoms with Crippen molar-refractivity contribution in [1.82, 2.24) is 14.8 Å². The summed E-state index contributed by atoms with van der Waals surface area (Å²) in [5.74, 6) is 1.44. The second-order valence-corrected chi connectivity index (χ2v) is 6.29. The second-order valence-electron chi connectivity index (χ2n) is 4.34. The van der Waals surface area contributed by atoms with Gasteiger partial charge in [-0.2, -0.15) is 0 Å². The Morgan fingerprint density at radius 2 is 2.05 bits per heavy atom. The Labute approximate surface area is 122 Å². The zero-order chi connectivity index (χ0) is 13.8. The summed E-state index contributed by atoms with van der Waals surface area (Å²) in [6.07, 6.45) is 0. The third-order valence-electron chi connectivity index (χ3n) is 2.46. The highest BCUT2D eigenvalue weighted by atomic mass is 35.5. The largest absolute Gasteiger partial charge is 0.484 e. The van der Waals surface area contributed by atoms with E-state index < -0.39 is 0 Å². The highest BCUT2D eigenvalue weighted by molar-refractivity contribution is 7.99. The number of hydrogen-bond donors (Lipinski definition) is 0. The molecule has 0 bridgehead atoms. The van der Waals surface area contributed by atoms with E-state index in [0.717, 1.165) is 11.0 Å². The fourth-order valence-corrected chi connectivity index (χ4v) is 2.45. The van der Waals surface area contributed by atoms with Crippen LogP contribution in [0.2, 0.25) is 5.02 Å². The summed E-state index contributed by atoms with van der Waals surface area (Å²) < 4.78 is 7.60. The molecular formula is C13H16ClN3OS. The highest BCUT2D eigenvalue weighted by Gasteiger charge is 2.11. The standard InChI is InChI=1S/C13H16ClN3OS/c1-9(2)19-13-16-15-12(17(13)3)8-18-11-7-5-4-6-10(11)14/h4-7,9H,8H2,1-3H3. The first kappa shape index (κ1) is 14.2. The van der Waals surface area contributed by atoms with E-state index >= 15 is 0 Å². The maximum Gasteiger partial charge on any atom is 0.191 e. The number of nitrogens with zero attached hydrogens (tertiary/aromatic N) is 3. The molecule has 0 amide bonds. The van der Waals surface area contributed by atoms with Crippen LogP contribution in [0.15, 0.2) is 29.4 Å². The molecule has 0 unspecified atom stereocenters. The molecule has 6 heteroatoms. The summed E-state index contributed by atoms with van der Waals surface area (Å²) in [4.78, 5) is 0. The van der Waals surface area contributed by atoms with Crippen LogP contribution in [0.5, 0.6) is 5.75 Å². The molecule has 0 aliphatic rings. The van der Waals surface area contributed by atoms with Gasteiger partial charge >= 0.3 is 0 Å². The molecule has 0 aliphatic carbocycles. The van der Waals surface area contributed by atoms with Crippen LogP contribution >= 0.6 is 23.4 Å². The van der Waals surface area contributed by atoms with Gasteiger partial charge in [0.05, 0.1) is 5.02 Å². The Morgan fingerprint density at radius 1 is 1.32 bits per heavy atom. The van der Waals surface area contributed by atoms with Gasteiger partial charge in [0.1, 0.15) is 12.4 Å². The smallest absolute Gasteiger partial charge is 0.191 e. The third-order valence-corrected chi connectivity index (χ3v) is 3.81. The Bertz CT molecular complexity index is 557. The van der Waals surface area contributed by atoms with Gasteiger partial charge in [0.2, 0.25) is 0 Å². The minimum absolute atomic E-state index is 0.353. The average molecular weight is 298 g/mol. The van der Waals surface area contributed by atoms with Gasteiger partial charge in [0.15, 0.2) is 11.0 Å². The van der Waals surface area contributed by atoms with Crippen molar-refractivity contribution in [3.05, 3.63) is 35.1 Å². The van der Waals surface area contributed by atoms with E-state index in [2.05, 4.69) is 24.0 Å². The normalized spacial score (nSPS) is 11.0. The van der Waals surface area contributed by atoms with Crippen molar-refractivity contribution in [3.63, 3.8) is 0 Å². The maximum atomic E-state index is 6.03. The maximum absolute atomic E-state index is 6.03. The lowest BCUT2D eigenvalue weighted by Crippen LogP contribution is -2.05. The molecule has 0 radical (unpaired) electrons. The van der Waals surface area contributed by atoms with Crippen molar-refractivity contribution >= 4 is 23.4 Å². The molecule has 1 aromatic heterocycles. The summed E-state index contributed by atoms with van der Waals surface area (Å²) in [6.45, 7) is 4.60. The van der Waals surface area contributed by atoms with Gasteiger partial charge in [0, 0.05) is 12.3 Å². The van der Waals surface area contributed by atoms with E-state index in [-0.39, 0.29) is 0 Å². The molecule has 0 fully saturated rings. The number of thioether (sulfide) groups is 1. The number of benzene rings is 1. The number of hydrogen-bond acceptors (Lipinski definition) is 4. The molecular weight excluding hydrogens is 282 g/mol. The predicted octanol–water partition coefficient (Wildman–Crippen LogP) is 3.55. The molecule has 102 valence electrons. The number of halogens is 1. The van der Waals surface area contributed by atoms with Crippen LogP contribution in [0.25, 0.3) is 0 Å². The van der Waals surface area contributed by atoms with Crippen LogP contribution in [0.4, 0.5) is 0 Å². The second kappa shape index (κ2) is 6.30. The van der Waals surface area contributed by atoms with Crippen molar-refractivity contribution in [2.45, 2.75) is 30.9 Å². The molecule has 0 N–H and O–H groups in total. The summed E-state index contributed by atoms with van der Waals surface area (Å²) >= 11 is 7.71. The van der Waals surface area contributed by atoms with Crippen molar-refractivity contribution in [1.29, 1.82) is 0 Å². The average Bonchev–Trinajstić information content (AvgIpc) is 2.69. The molecule has 0 saturated carbocycles. The van der Waals surface area contributed by atoms with Crippen molar-refractivity contribution < 1.29 is 4.74 Å². The first-order valence-corrected chi connectivity index (χ1v) is 7.26. The molecule has 0 aliphatic heterocycles. The topological polar surface area (TPSA) is 39.9 Å². The molecule has 0 saturated heterocycles. The molecule has 0 spiro atoms. The van der Waals surface area contributed by atoms with Crippen LogP contribution in [0.3, 0.4) is 0 Å². The van der Waals surface area contributed by atoms with Crippen LogP contribution in [-0.4, -0.2) is 20.0 Å². The van der Waals surface area contributed by atoms with Crippen molar-refractivity contribution in [3.8, 4) is 5.75 Å². The van der Waals surface area contributed by atoms with Crippen molar-refractivity contribution in [2.75, 3.05) is 0 Å². The van der Waals surface area contributed by atoms with Gasteiger partial charge < -0.3 is 9.30 Å². The number of rotatable bonds is 5. The summed E-state index contributed by atoms with van der Waals surface area (Å²) in [6, 6.07) is 7.39. The quantitative estimate of drug-likeness (QED) is 0.791. The summed E-state index contributed by atoms with van der Waals surface area (Å²) in [5.41, 5.74) is 0. The minimum atomic E-state index is 0.353. The van der Waals surface area contributed by atoms with Gasteiger partial charge in [-0.15, -0.1) is 10.2 Å². The number of ether oxygens (including phenoxy) is 1. The molecule has 0 atom stereocenters. The van der Waals surface area contributed by atoms with E-state index in [1.165, 1.54) is 0 Å². The number of aromatic nitrogens is 3. The van der Waals surface area contributed by atoms with E-state index in [9.17, 15) is 0 Å². The SMILES string of the molecule is CC(C)Sc1nnc(COc2ccccc2Cl)n1C. The van der Waals surface area contributed by atoms with Crippen LogP contribution in [0.1, 0.15) is 19.7 Å². The lowest BCUT2D eigenvalue weighted by Gasteiger charge is -2.08. The summed E-state index contributed by atoms with van der Waals surface area (Å²) in [7, 11) is 1.94. The Morgan fingerprint density at radius 3 is 2.74 bits per heavy atom. The van der Waals surface area contributed by atoms with Gasteiger partial charge in [-0.3, -0.25) is 0 Å². The third kappa shape index (κ3) is 3.64. The molecule has 19 heavy (non-hydrogen) atoms. The zero-order valence-corrected chi connectivity index (χ0v) is 12.7. The Hall–Kier alpha value is -1.20. The van der Waals surface area contributed by atoms with E-state index in [1.807, 2.05) is 29.8 Å². The van der Waals surface area contributed by atoms with Crippen LogP contribution in [0, 0.1) is 0 Å². The Balaban J connectivity index is 2.04. The minimum Gasteiger partial charge on any atom is -0.484 e. The Kier molecular flexibility index (Phi) is 4.71. The van der Waals surface area contributed by atoms with Crippen LogP contribution in [-0.2, 0) is 13.7 Å². The molecule has 1 heterocycles. The van der Waals surface area contributed by atoms with Gasteiger partial charge in [-0.05, 0) is 12.1 Å². The highest BCUT2D eigenvalue weighted by Crippen LogP contribution is 2.25. The molecule has 4 nitrogen and oxygen atoms in total. The van der Waals surface area contributed by atoms with E-state index in [1.54, 1.807) is 17.8 Å². The van der Waals surface area contributed by atoms with E-state index in [0.29, 0.717) is 22.6 Å². The van der Waals surface area contributed by atoms with E-state index in [4.69, 9.17) is 16.3 Å². The van der Waals surface area contributed by atoms with Gasteiger partial charge in [0.25, 0.3) is 0 Å². The lowest BCUT2D eigenvalue weighted by atomic mass is 10.3. The van der Waals surface area contributed by atoms with Crippen molar-refractivity contribution in [2.24, 2.45) is 7.05 Å². The van der Waals surface area contributed by atoms with Gasteiger partial charge in [-0.25, -0.2) is 0 Å². The predicted molar refractivity (Wildman–Crippen MR) is 77.8 cm³/mol. The number of para-hydroxylation sites is 1. The molecule has 2 aromatic rings. The fourth-order valence-electron chi connectivity index (χ4n) is 1.49.